The number of hydrogen-bond acceptors (Lipinski definition) is 3. The predicted molar refractivity (Wildman–Crippen MR) is 72.3 cm³/mol. The summed E-state index contributed by atoms with van der Waals surface area (Å²) >= 11 is 0. The van der Waals surface area contributed by atoms with Crippen LogP contribution in [0.5, 0.6) is 0 Å². The molecule has 2 rings (SSSR count). The molecule has 4 nitrogen and oxygen atoms in total. The van der Waals surface area contributed by atoms with E-state index in [-0.39, 0.29) is 6.04 Å². The molecule has 18 heavy (non-hydrogen) atoms. The molecule has 0 bridgehead atoms. The number of hydrogen-bond donors (Lipinski definition) is 1. The van der Waals surface area contributed by atoms with Gasteiger partial charge in [0, 0.05) is 25.6 Å². The van der Waals surface area contributed by atoms with Crippen molar-refractivity contribution < 1.29 is 0 Å². The summed E-state index contributed by atoms with van der Waals surface area (Å²) in [5, 5.41) is 7.83. The van der Waals surface area contributed by atoms with E-state index in [9.17, 15) is 0 Å². The van der Waals surface area contributed by atoms with E-state index in [2.05, 4.69) is 35.3 Å². The summed E-state index contributed by atoms with van der Waals surface area (Å²) in [5.74, 6) is 0. The first-order valence-corrected chi connectivity index (χ1v) is 6.35. The van der Waals surface area contributed by atoms with Crippen LogP contribution in [0.2, 0.25) is 0 Å². The minimum atomic E-state index is 0.158. The van der Waals surface area contributed by atoms with Gasteiger partial charge in [-0.1, -0.05) is 6.92 Å². The van der Waals surface area contributed by atoms with Crippen LogP contribution in [0.15, 0.2) is 30.7 Å². The van der Waals surface area contributed by atoms with Crippen molar-refractivity contribution in [1.29, 1.82) is 0 Å². The van der Waals surface area contributed by atoms with Crippen molar-refractivity contribution in [2.75, 3.05) is 6.54 Å². The van der Waals surface area contributed by atoms with Gasteiger partial charge in [-0.15, -0.1) is 0 Å². The van der Waals surface area contributed by atoms with Crippen LogP contribution in [0.1, 0.15) is 36.2 Å². The van der Waals surface area contributed by atoms with E-state index in [4.69, 9.17) is 0 Å². The lowest BCUT2D eigenvalue weighted by molar-refractivity contribution is 0.550. The van der Waals surface area contributed by atoms with Gasteiger partial charge in [0.15, 0.2) is 0 Å². The Bertz CT molecular complexity index is 504. The van der Waals surface area contributed by atoms with Crippen molar-refractivity contribution in [3.8, 4) is 0 Å². The van der Waals surface area contributed by atoms with Crippen molar-refractivity contribution in [2.24, 2.45) is 7.05 Å². The van der Waals surface area contributed by atoms with Crippen LogP contribution in [0, 0.1) is 6.92 Å². The first kappa shape index (κ1) is 12.8. The maximum absolute atomic E-state index is 4.26. The standard InChI is InChI=1S/C14H20N4/c1-4-7-16-14(13-6-9-17-18(13)3)12-10-15-8-5-11(12)2/h5-6,8-10,14,16H,4,7H2,1-3H3. The zero-order chi connectivity index (χ0) is 13.0. The molecular formula is C14H20N4. The zero-order valence-corrected chi connectivity index (χ0v) is 11.2. The number of aryl methyl sites for hydroxylation is 2. The SMILES string of the molecule is CCCNC(c1cnccc1C)c1ccnn1C. The minimum Gasteiger partial charge on any atom is -0.305 e. The summed E-state index contributed by atoms with van der Waals surface area (Å²) in [6.45, 7) is 5.27. The largest absolute Gasteiger partial charge is 0.305 e. The maximum Gasteiger partial charge on any atom is 0.0765 e. The average Bonchev–Trinajstić information content (AvgIpc) is 2.78. The number of nitrogens with zero attached hydrogens (tertiary/aromatic N) is 3. The Hall–Kier alpha value is -1.68. The third-order valence-corrected chi connectivity index (χ3v) is 3.14. The van der Waals surface area contributed by atoms with Crippen LogP contribution >= 0.6 is 0 Å². The lowest BCUT2D eigenvalue weighted by atomic mass is 10.0. The van der Waals surface area contributed by atoms with Crippen molar-refractivity contribution in [3.05, 3.63) is 47.5 Å². The number of pyridine rings is 1. The van der Waals surface area contributed by atoms with E-state index < -0.39 is 0 Å². The third kappa shape index (κ3) is 2.59. The van der Waals surface area contributed by atoms with Crippen molar-refractivity contribution >= 4 is 0 Å². The highest BCUT2D eigenvalue weighted by atomic mass is 15.3. The van der Waals surface area contributed by atoms with Gasteiger partial charge in [0.1, 0.15) is 0 Å². The molecule has 0 spiro atoms. The Morgan fingerprint density at radius 3 is 2.78 bits per heavy atom. The predicted octanol–water partition coefficient (Wildman–Crippen LogP) is 2.21. The normalized spacial score (nSPS) is 12.6. The summed E-state index contributed by atoms with van der Waals surface area (Å²) < 4.78 is 1.92. The van der Waals surface area contributed by atoms with Gasteiger partial charge < -0.3 is 5.32 Å². The molecular weight excluding hydrogens is 224 g/mol. The molecule has 0 amide bonds. The Balaban J connectivity index is 2.37. The molecule has 4 heteroatoms. The minimum absolute atomic E-state index is 0.158. The van der Waals surface area contributed by atoms with Crippen LogP contribution in [0.4, 0.5) is 0 Å². The molecule has 1 N–H and O–H groups in total. The van der Waals surface area contributed by atoms with Crippen molar-refractivity contribution in [3.63, 3.8) is 0 Å². The van der Waals surface area contributed by atoms with E-state index in [0.717, 1.165) is 13.0 Å². The Morgan fingerprint density at radius 2 is 2.17 bits per heavy atom. The Labute approximate surface area is 108 Å². The summed E-state index contributed by atoms with van der Waals surface area (Å²) in [5.41, 5.74) is 3.63. The molecule has 0 fully saturated rings. The molecule has 0 aromatic carbocycles. The van der Waals surface area contributed by atoms with Crippen molar-refractivity contribution in [1.82, 2.24) is 20.1 Å². The average molecular weight is 244 g/mol. The van der Waals surface area contributed by atoms with E-state index in [0.29, 0.717) is 0 Å². The smallest absolute Gasteiger partial charge is 0.0765 e. The zero-order valence-electron chi connectivity index (χ0n) is 11.2. The molecule has 0 radical (unpaired) electrons. The summed E-state index contributed by atoms with van der Waals surface area (Å²) in [7, 11) is 1.97. The second kappa shape index (κ2) is 5.78. The third-order valence-electron chi connectivity index (χ3n) is 3.14. The first-order chi connectivity index (χ1) is 8.74. The fraction of sp³-hybridized carbons (Fsp3) is 0.429. The number of rotatable bonds is 5. The van der Waals surface area contributed by atoms with E-state index in [1.54, 1.807) is 0 Å². The van der Waals surface area contributed by atoms with Gasteiger partial charge in [-0.25, -0.2) is 0 Å². The van der Waals surface area contributed by atoms with Crippen LogP contribution < -0.4 is 5.32 Å². The van der Waals surface area contributed by atoms with Crippen LogP contribution in [-0.4, -0.2) is 21.3 Å². The number of aromatic nitrogens is 3. The fourth-order valence-corrected chi connectivity index (χ4v) is 2.11. The lowest BCUT2D eigenvalue weighted by Gasteiger charge is -2.20. The molecule has 0 saturated carbocycles. The highest BCUT2D eigenvalue weighted by molar-refractivity contribution is 5.31. The highest BCUT2D eigenvalue weighted by Gasteiger charge is 2.18. The summed E-state index contributed by atoms with van der Waals surface area (Å²) in [6, 6.07) is 4.26. The number of nitrogens with one attached hydrogen (secondary N) is 1. The van der Waals surface area contributed by atoms with Gasteiger partial charge in [0.2, 0.25) is 0 Å². The first-order valence-electron chi connectivity index (χ1n) is 6.35. The monoisotopic (exact) mass is 244 g/mol. The Kier molecular flexibility index (Phi) is 4.10. The van der Waals surface area contributed by atoms with Gasteiger partial charge in [0.05, 0.1) is 11.7 Å². The van der Waals surface area contributed by atoms with Crippen LogP contribution in [-0.2, 0) is 7.05 Å². The molecule has 0 aliphatic heterocycles. The molecule has 2 heterocycles. The lowest BCUT2D eigenvalue weighted by Crippen LogP contribution is -2.26. The molecule has 0 aliphatic rings. The molecule has 0 saturated heterocycles. The quantitative estimate of drug-likeness (QED) is 0.877. The summed E-state index contributed by atoms with van der Waals surface area (Å²) in [6.07, 6.45) is 6.71. The highest BCUT2D eigenvalue weighted by Crippen LogP contribution is 2.23. The summed E-state index contributed by atoms with van der Waals surface area (Å²) in [4.78, 5) is 4.24. The second-order valence-corrected chi connectivity index (χ2v) is 4.50. The molecule has 1 unspecified atom stereocenters. The molecule has 2 aromatic rings. The van der Waals surface area contributed by atoms with E-state index in [1.807, 2.05) is 36.4 Å². The maximum atomic E-state index is 4.26. The molecule has 0 aliphatic carbocycles. The topological polar surface area (TPSA) is 42.7 Å². The van der Waals surface area contributed by atoms with Gasteiger partial charge in [0.25, 0.3) is 0 Å². The van der Waals surface area contributed by atoms with Gasteiger partial charge >= 0.3 is 0 Å². The molecule has 96 valence electrons. The van der Waals surface area contributed by atoms with Gasteiger partial charge in [-0.3, -0.25) is 9.67 Å². The van der Waals surface area contributed by atoms with Crippen LogP contribution in [0.3, 0.4) is 0 Å². The van der Waals surface area contributed by atoms with Gasteiger partial charge in [-0.05, 0) is 43.1 Å². The molecule has 2 aromatic heterocycles. The van der Waals surface area contributed by atoms with Crippen LogP contribution in [0.25, 0.3) is 0 Å². The molecule has 1 atom stereocenters. The Morgan fingerprint density at radius 1 is 1.33 bits per heavy atom. The fourth-order valence-electron chi connectivity index (χ4n) is 2.11. The van der Waals surface area contributed by atoms with E-state index >= 15 is 0 Å². The van der Waals surface area contributed by atoms with Crippen molar-refractivity contribution in [2.45, 2.75) is 26.3 Å². The second-order valence-electron chi connectivity index (χ2n) is 4.50. The van der Waals surface area contributed by atoms with E-state index in [1.165, 1.54) is 16.8 Å². The van der Waals surface area contributed by atoms with Gasteiger partial charge in [-0.2, -0.15) is 5.10 Å².